The molecule has 5 heteroatoms. The van der Waals surface area contributed by atoms with Crippen LogP contribution in [0.5, 0.6) is 0 Å². The summed E-state index contributed by atoms with van der Waals surface area (Å²) in [6, 6.07) is 14.5. The SMILES string of the molecule is Fc1ccc(C2Nc3ccccc3-c3ccnc4[nH]cc2c34)c(Cl)c1. The topological polar surface area (TPSA) is 40.7 Å². The van der Waals surface area contributed by atoms with Gasteiger partial charge in [-0.1, -0.05) is 35.9 Å². The Morgan fingerprint density at radius 3 is 2.76 bits per heavy atom. The van der Waals surface area contributed by atoms with Gasteiger partial charge in [0.25, 0.3) is 0 Å². The van der Waals surface area contributed by atoms with Crippen LogP contribution in [0.4, 0.5) is 10.1 Å². The summed E-state index contributed by atoms with van der Waals surface area (Å²) in [6.45, 7) is 0. The van der Waals surface area contributed by atoms with Crippen LogP contribution in [-0.4, -0.2) is 9.97 Å². The van der Waals surface area contributed by atoms with Gasteiger partial charge in [0, 0.05) is 39.6 Å². The number of hydrogen-bond donors (Lipinski definition) is 2. The van der Waals surface area contributed by atoms with Crippen molar-refractivity contribution < 1.29 is 4.39 Å². The highest BCUT2D eigenvalue weighted by Gasteiger charge is 2.27. The minimum atomic E-state index is -0.343. The zero-order valence-electron chi connectivity index (χ0n) is 13.1. The second-order valence-electron chi connectivity index (χ2n) is 6.11. The number of hydrogen-bond acceptors (Lipinski definition) is 2. The van der Waals surface area contributed by atoms with Crippen molar-refractivity contribution in [2.45, 2.75) is 6.04 Å². The van der Waals surface area contributed by atoms with Gasteiger partial charge in [-0.15, -0.1) is 0 Å². The molecule has 0 aliphatic carbocycles. The van der Waals surface area contributed by atoms with Gasteiger partial charge in [0.2, 0.25) is 0 Å². The van der Waals surface area contributed by atoms with Crippen molar-refractivity contribution >= 4 is 28.3 Å². The molecule has 0 spiro atoms. The molecule has 1 aliphatic heterocycles. The normalized spacial score (nSPS) is 15.5. The van der Waals surface area contributed by atoms with Gasteiger partial charge in [-0.3, -0.25) is 0 Å². The van der Waals surface area contributed by atoms with Crippen LogP contribution >= 0.6 is 11.6 Å². The van der Waals surface area contributed by atoms with Crippen LogP contribution in [0.1, 0.15) is 17.2 Å². The Kier molecular flexibility index (Phi) is 3.09. The van der Waals surface area contributed by atoms with E-state index in [4.69, 9.17) is 11.6 Å². The van der Waals surface area contributed by atoms with E-state index < -0.39 is 0 Å². The van der Waals surface area contributed by atoms with Crippen molar-refractivity contribution in [1.82, 2.24) is 9.97 Å². The van der Waals surface area contributed by atoms with Gasteiger partial charge in [0.05, 0.1) is 6.04 Å². The lowest BCUT2D eigenvalue weighted by atomic mass is 9.97. The highest BCUT2D eigenvalue weighted by atomic mass is 35.5. The summed E-state index contributed by atoms with van der Waals surface area (Å²) in [6.07, 6.45) is 3.75. The number of halogens is 2. The number of para-hydroxylation sites is 1. The molecule has 0 fully saturated rings. The van der Waals surface area contributed by atoms with E-state index in [0.29, 0.717) is 5.02 Å². The van der Waals surface area contributed by atoms with Crippen molar-refractivity contribution in [2.24, 2.45) is 0 Å². The lowest BCUT2D eigenvalue weighted by molar-refractivity contribution is 0.627. The molecule has 5 rings (SSSR count). The Morgan fingerprint density at radius 1 is 1.00 bits per heavy atom. The fourth-order valence-corrected chi connectivity index (χ4v) is 3.87. The highest BCUT2D eigenvalue weighted by molar-refractivity contribution is 6.31. The number of nitrogens with zero attached hydrogens (tertiary/aromatic N) is 1. The van der Waals surface area contributed by atoms with Crippen LogP contribution in [-0.2, 0) is 0 Å². The number of nitrogens with one attached hydrogen (secondary N) is 2. The van der Waals surface area contributed by atoms with Crippen LogP contribution in [0, 0.1) is 5.82 Å². The van der Waals surface area contributed by atoms with Gasteiger partial charge in [-0.05, 0) is 35.4 Å². The van der Waals surface area contributed by atoms with E-state index in [1.807, 2.05) is 30.5 Å². The molecule has 3 nitrogen and oxygen atoms in total. The summed E-state index contributed by atoms with van der Waals surface area (Å²) in [4.78, 5) is 7.69. The summed E-state index contributed by atoms with van der Waals surface area (Å²) in [5.74, 6) is -0.343. The Balaban J connectivity index is 1.85. The molecular weight excluding hydrogens is 337 g/mol. The molecule has 4 aromatic rings. The molecule has 3 heterocycles. The standard InChI is InChI=1S/C20H13ClFN3/c21-16-9-11(22)5-6-14(16)19-15-10-24-20-18(15)13(7-8-23-20)12-3-1-2-4-17(12)25-19/h1-10,19,25H,(H,23,24). The monoisotopic (exact) mass is 349 g/mol. The molecule has 0 saturated carbocycles. The van der Waals surface area contributed by atoms with E-state index in [1.54, 1.807) is 12.3 Å². The number of fused-ring (bicyclic) bond motifs is 2. The predicted molar refractivity (Wildman–Crippen MR) is 98.4 cm³/mol. The van der Waals surface area contributed by atoms with Gasteiger partial charge in [0.1, 0.15) is 11.5 Å². The van der Waals surface area contributed by atoms with E-state index in [0.717, 1.165) is 39.0 Å². The number of benzene rings is 2. The van der Waals surface area contributed by atoms with Crippen molar-refractivity contribution in [3.8, 4) is 11.1 Å². The first-order valence-electron chi connectivity index (χ1n) is 7.99. The molecule has 2 aromatic carbocycles. The first-order valence-corrected chi connectivity index (χ1v) is 8.37. The number of aromatic amines is 1. The minimum absolute atomic E-state index is 0.201. The zero-order chi connectivity index (χ0) is 17.0. The first-order chi connectivity index (χ1) is 12.2. The van der Waals surface area contributed by atoms with Crippen molar-refractivity contribution in [2.75, 3.05) is 5.32 Å². The van der Waals surface area contributed by atoms with Gasteiger partial charge in [-0.25, -0.2) is 9.37 Å². The number of anilines is 1. The third kappa shape index (κ3) is 2.14. The van der Waals surface area contributed by atoms with Crippen molar-refractivity contribution in [3.05, 3.63) is 82.9 Å². The number of aromatic nitrogens is 2. The summed E-state index contributed by atoms with van der Waals surface area (Å²) in [7, 11) is 0. The smallest absolute Gasteiger partial charge is 0.138 e. The molecule has 2 aromatic heterocycles. The molecule has 0 amide bonds. The molecule has 122 valence electrons. The molecule has 0 saturated heterocycles. The summed E-state index contributed by atoms with van der Waals surface area (Å²) >= 11 is 6.37. The second-order valence-corrected chi connectivity index (χ2v) is 6.52. The van der Waals surface area contributed by atoms with E-state index in [2.05, 4.69) is 21.4 Å². The molecule has 1 atom stereocenters. The van der Waals surface area contributed by atoms with Crippen molar-refractivity contribution in [3.63, 3.8) is 0 Å². The third-order valence-electron chi connectivity index (χ3n) is 4.71. The van der Waals surface area contributed by atoms with Crippen LogP contribution in [0.25, 0.3) is 22.2 Å². The Bertz CT molecular complexity index is 1120. The molecule has 1 unspecified atom stereocenters. The van der Waals surface area contributed by atoms with Crippen LogP contribution < -0.4 is 5.32 Å². The molecule has 2 N–H and O–H groups in total. The maximum atomic E-state index is 13.5. The molecule has 1 aliphatic rings. The maximum Gasteiger partial charge on any atom is 0.138 e. The second kappa shape index (κ2) is 5.33. The van der Waals surface area contributed by atoms with Gasteiger partial charge in [0.15, 0.2) is 0 Å². The van der Waals surface area contributed by atoms with Gasteiger partial charge >= 0.3 is 0 Å². The lowest BCUT2D eigenvalue weighted by Gasteiger charge is -2.20. The maximum absolute atomic E-state index is 13.5. The van der Waals surface area contributed by atoms with Crippen LogP contribution in [0.15, 0.2) is 60.9 Å². The zero-order valence-corrected chi connectivity index (χ0v) is 13.8. The molecular formula is C20H13ClFN3. The number of rotatable bonds is 1. The van der Waals surface area contributed by atoms with E-state index >= 15 is 0 Å². The van der Waals surface area contributed by atoms with E-state index in [9.17, 15) is 4.39 Å². The predicted octanol–water partition coefficient (Wildman–Crippen LogP) is 5.54. The molecule has 25 heavy (non-hydrogen) atoms. The van der Waals surface area contributed by atoms with Gasteiger partial charge < -0.3 is 10.3 Å². The fourth-order valence-electron chi connectivity index (χ4n) is 3.59. The summed E-state index contributed by atoms with van der Waals surface area (Å²) < 4.78 is 13.5. The highest BCUT2D eigenvalue weighted by Crippen LogP contribution is 2.44. The summed E-state index contributed by atoms with van der Waals surface area (Å²) in [5, 5.41) is 5.03. The average molecular weight is 350 g/mol. The quantitative estimate of drug-likeness (QED) is 0.474. The minimum Gasteiger partial charge on any atom is -0.374 e. The average Bonchev–Trinajstić information content (AvgIpc) is 2.98. The van der Waals surface area contributed by atoms with E-state index in [-0.39, 0.29) is 11.9 Å². The first kappa shape index (κ1) is 14.5. The van der Waals surface area contributed by atoms with E-state index in [1.165, 1.54) is 12.1 Å². The van der Waals surface area contributed by atoms with Gasteiger partial charge in [-0.2, -0.15) is 0 Å². The largest absolute Gasteiger partial charge is 0.374 e. The Labute approximate surface area is 148 Å². The fraction of sp³-hybridized carbons (Fsp3) is 0.0500. The third-order valence-corrected chi connectivity index (χ3v) is 5.03. The number of pyridine rings is 1. The Morgan fingerprint density at radius 2 is 1.88 bits per heavy atom. The Hall–Kier alpha value is -2.85. The molecule has 0 bridgehead atoms. The van der Waals surface area contributed by atoms with Crippen LogP contribution in [0.2, 0.25) is 5.02 Å². The lowest BCUT2D eigenvalue weighted by Crippen LogP contribution is -2.12. The van der Waals surface area contributed by atoms with Crippen molar-refractivity contribution in [1.29, 1.82) is 0 Å². The summed E-state index contributed by atoms with van der Waals surface area (Å²) in [5.41, 5.74) is 5.94. The molecule has 0 radical (unpaired) electrons. The van der Waals surface area contributed by atoms with Crippen LogP contribution in [0.3, 0.4) is 0 Å². The number of H-pyrrole nitrogens is 1.